The van der Waals surface area contributed by atoms with E-state index in [9.17, 15) is 17.6 Å². The summed E-state index contributed by atoms with van der Waals surface area (Å²) in [7, 11) is 0. The molecule has 0 radical (unpaired) electrons. The monoisotopic (exact) mass is 457 g/mol. The molecule has 0 aliphatic carbocycles. The number of benzene rings is 2. The van der Waals surface area contributed by atoms with Crippen molar-refractivity contribution in [3.05, 3.63) is 59.1 Å². The van der Waals surface area contributed by atoms with Crippen LogP contribution in [-0.2, 0) is 0 Å². The van der Waals surface area contributed by atoms with Gasteiger partial charge < -0.3 is 21.1 Å². The first-order chi connectivity index (χ1) is 13.2. The SMILES string of the molecule is Nc1c(Nc2ccc(OC(F)(F)F)cc2)ncnc1Nc1ccc(Br)cc1F. The van der Waals surface area contributed by atoms with E-state index in [2.05, 4.69) is 41.3 Å². The van der Waals surface area contributed by atoms with E-state index in [4.69, 9.17) is 5.73 Å². The van der Waals surface area contributed by atoms with Crippen LogP contribution in [0.3, 0.4) is 0 Å². The van der Waals surface area contributed by atoms with E-state index in [-0.39, 0.29) is 28.8 Å². The van der Waals surface area contributed by atoms with E-state index in [1.54, 1.807) is 6.07 Å². The van der Waals surface area contributed by atoms with Gasteiger partial charge in [-0.1, -0.05) is 15.9 Å². The molecule has 0 saturated heterocycles. The molecule has 0 aliphatic heterocycles. The van der Waals surface area contributed by atoms with E-state index >= 15 is 0 Å². The highest BCUT2D eigenvalue weighted by molar-refractivity contribution is 9.10. The molecule has 0 saturated carbocycles. The number of nitrogens with zero attached hydrogens (tertiary/aromatic N) is 2. The van der Waals surface area contributed by atoms with Crippen LogP contribution in [0.5, 0.6) is 5.75 Å². The smallest absolute Gasteiger partial charge is 0.406 e. The number of anilines is 5. The van der Waals surface area contributed by atoms with Crippen molar-refractivity contribution in [2.24, 2.45) is 0 Å². The van der Waals surface area contributed by atoms with Crippen molar-refractivity contribution in [1.82, 2.24) is 9.97 Å². The van der Waals surface area contributed by atoms with Crippen molar-refractivity contribution in [1.29, 1.82) is 0 Å². The lowest BCUT2D eigenvalue weighted by atomic mass is 10.3. The fourth-order valence-corrected chi connectivity index (χ4v) is 2.52. The second kappa shape index (κ2) is 7.89. The normalized spacial score (nSPS) is 11.2. The molecule has 0 bridgehead atoms. The summed E-state index contributed by atoms with van der Waals surface area (Å²) in [5, 5.41) is 5.63. The number of nitrogen functional groups attached to an aromatic ring is 1. The molecule has 0 amide bonds. The van der Waals surface area contributed by atoms with Gasteiger partial charge in [-0.05, 0) is 42.5 Å². The molecule has 2 aromatic carbocycles. The van der Waals surface area contributed by atoms with Crippen molar-refractivity contribution in [2.45, 2.75) is 6.36 Å². The minimum Gasteiger partial charge on any atom is -0.406 e. The number of alkyl halides is 3. The summed E-state index contributed by atoms with van der Waals surface area (Å²) in [6.07, 6.45) is -3.56. The molecule has 28 heavy (non-hydrogen) atoms. The molecule has 0 aliphatic rings. The average molecular weight is 458 g/mol. The van der Waals surface area contributed by atoms with Crippen molar-refractivity contribution >= 4 is 44.6 Å². The number of hydrogen-bond donors (Lipinski definition) is 3. The van der Waals surface area contributed by atoms with Crippen LogP contribution in [0.1, 0.15) is 0 Å². The Morgan fingerprint density at radius 2 is 1.61 bits per heavy atom. The maximum Gasteiger partial charge on any atom is 0.573 e. The highest BCUT2D eigenvalue weighted by Crippen LogP contribution is 2.31. The molecular weight excluding hydrogens is 446 g/mol. The lowest BCUT2D eigenvalue weighted by molar-refractivity contribution is -0.274. The molecule has 4 N–H and O–H groups in total. The largest absolute Gasteiger partial charge is 0.573 e. The first-order valence-electron chi connectivity index (χ1n) is 7.66. The predicted octanol–water partition coefficient (Wildman–Crippen LogP) is 5.35. The first kappa shape index (κ1) is 19.7. The predicted molar refractivity (Wildman–Crippen MR) is 100 cm³/mol. The van der Waals surface area contributed by atoms with Gasteiger partial charge in [0, 0.05) is 10.2 Å². The van der Waals surface area contributed by atoms with Crippen LogP contribution < -0.4 is 21.1 Å². The molecule has 11 heteroatoms. The summed E-state index contributed by atoms with van der Waals surface area (Å²) in [5.74, 6) is -0.515. The Hall–Kier alpha value is -3.08. The molecular formula is C17H12BrF4N5O. The minimum atomic E-state index is -4.77. The van der Waals surface area contributed by atoms with E-state index in [1.807, 2.05) is 0 Å². The lowest BCUT2D eigenvalue weighted by Gasteiger charge is -2.14. The molecule has 0 fully saturated rings. The zero-order chi connectivity index (χ0) is 20.3. The zero-order valence-corrected chi connectivity index (χ0v) is 15.5. The van der Waals surface area contributed by atoms with Gasteiger partial charge in [-0.25, -0.2) is 14.4 Å². The fraction of sp³-hybridized carbons (Fsp3) is 0.0588. The van der Waals surface area contributed by atoms with E-state index in [1.165, 1.54) is 30.6 Å². The van der Waals surface area contributed by atoms with Gasteiger partial charge in [-0.15, -0.1) is 13.2 Å². The van der Waals surface area contributed by atoms with E-state index in [0.717, 1.165) is 12.1 Å². The summed E-state index contributed by atoms with van der Waals surface area (Å²) < 4.78 is 55.0. The van der Waals surface area contributed by atoms with Crippen molar-refractivity contribution in [2.75, 3.05) is 16.4 Å². The zero-order valence-electron chi connectivity index (χ0n) is 13.9. The second-order valence-corrected chi connectivity index (χ2v) is 6.35. The highest BCUT2D eigenvalue weighted by atomic mass is 79.9. The Morgan fingerprint density at radius 1 is 0.964 bits per heavy atom. The number of halogens is 5. The Kier molecular flexibility index (Phi) is 5.54. The van der Waals surface area contributed by atoms with Gasteiger partial charge in [0.05, 0.1) is 5.69 Å². The van der Waals surface area contributed by atoms with Crippen molar-refractivity contribution < 1.29 is 22.3 Å². The van der Waals surface area contributed by atoms with Crippen molar-refractivity contribution in [3.63, 3.8) is 0 Å². The number of aromatic nitrogens is 2. The van der Waals surface area contributed by atoms with Crippen LogP contribution in [0.25, 0.3) is 0 Å². The molecule has 1 heterocycles. The second-order valence-electron chi connectivity index (χ2n) is 5.43. The third-order valence-electron chi connectivity index (χ3n) is 3.42. The molecule has 0 unspecified atom stereocenters. The standard InChI is InChI=1S/C17H12BrF4N5O/c18-9-1-6-13(12(19)7-9)27-16-14(23)15(24-8-25-16)26-10-2-4-11(5-3-10)28-17(20,21)22/h1-8H,23H2,(H2,24,25,26,27). The van der Waals surface area contributed by atoms with Gasteiger partial charge >= 0.3 is 6.36 Å². The third kappa shape index (κ3) is 5.00. The highest BCUT2D eigenvalue weighted by Gasteiger charge is 2.30. The van der Waals surface area contributed by atoms with E-state index in [0.29, 0.717) is 10.2 Å². The summed E-state index contributed by atoms with van der Waals surface area (Å²) in [5.41, 5.74) is 6.69. The van der Waals surface area contributed by atoms with Gasteiger partial charge in [0.15, 0.2) is 11.6 Å². The number of rotatable bonds is 5. The third-order valence-corrected chi connectivity index (χ3v) is 3.91. The van der Waals surface area contributed by atoms with Gasteiger partial charge in [0.1, 0.15) is 23.6 Å². The molecule has 0 spiro atoms. The minimum absolute atomic E-state index is 0.0976. The summed E-state index contributed by atoms with van der Waals surface area (Å²) in [6, 6.07) is 9.45. The molecule has 1 aromatic heterocycles. The summed E-state index contributed by atoms with van der Waals surface area (Å²) >= 11 is 3.17. The molecule has 0 atom stereocenters. The van der Waals surface area contributed by atoms with Crippen molar-refractivity contribution in [3.8, 4) is 5.75 Å². The average Bonchev–Trinajstić information content (AvgIpc) is 2.61. The number of nitrogens with two attached hydrogens (primary N) is 1. The first-order valence-corrected chi connectivity index (χ1v) is 8.46. The number of nitrogens with one attached hydrogen (secondary N) is 2. The molecule has 3 aromatic rings. The van der Waals surface area contributed by atoms with Crippen LogP contribution >= 0.6 is 15.9 Å². The maximum atomic E-state index is 14.0. The molecule has 6 nitrogen and oxygen atoms in total. The van der Waals surface area contributed by atoms with Crippen LogP contribution in [-0.4, -0.2) is 16.3 Å². The quantitative estimate of drug-likeness (QED) is 0.448. The Morgan fingerprint density at radius 3 is 2.21 bits per heavy atom. The van der Waals surface area contributed by atoms with Gasteiger partial charge in [-0.2, -0.15) is 0 Å². The molecule has 146 valence electrons. The van der Waals surface area contributed by atoms with Crippen LogP contribution in [0.15, 0.2) is 53.3 Å². The Labute approximate surface area is 164 Å². The Bertz CT molecular complexity index is 982. The Balaban J connectivity index is 1.77. The van der Waals surface area contributed by atoms with Crippen LogP contribution in [0.2, 0.25) is 0 Å². The molecule has 3 rings (SSSR count). The number of ether oxygens (including phenoxy) is 1. The number of hydrogen-bond acceptors (Lipinski definition) is 6. The summed E-state index contributed by atoms with van der Waals surface area (Å²) in [6.45, 7) is 0. The van der Waals surface area contributed by atoms with Crippen LogP contribution in [0, 0.1) is 5.82 Å². The summed E-state index contributed by atoms with van der Waals surface area (Å²) in [4.78, 5) is 7.98. The maximum absolute atomic E-state index is 14.0. The van der Waals surface area contributed by atoms with E-state index < -0.39 is 12.2 Å². The fourth-order valence-electron chi connectivity index (χ4n) is 2.19. The van der Waals surface area contributed by atoms with Gasteiger partial charge in [-0.3, -0.25) is 0 Å². The van der Waals surface area contributed by atoms with Gasteiger partial charge in [0.2, 0.25) is 0 Å². The lowest BCUT2D eigenvalue weighted by Crippen LogP contribution is -2.17. The van der Waals surface area contributed by atoms with Crippen LogP contribution in [0.4, 0.5) is 46.3 Å². The topological polar surface area (TPSA) is 85.1 Å². The van der Waals surface area contributed by atoms with Gasteiger partial charge in [0.25, 0.3) is 0 Å².